The van der Waals surface area contributed by atoms with Gasteiger partial charge in [0.25, 0.3) is 0 Å². The molecule has 3 rings (SSSR count). The molecule has 0 bridgehead atoms. The molecule has 0 aliphatic rings. The zero-order chi connectivity index (χ0) is 19.2. The molecule has 3 aromatic rings. The van der Waals surface area contributed by atoms with Crippen molar-refractivity contribution in [3.05, 3.63) is 40.2 Å². The third-order valence-corrected chi connectivity index (χ3v) is 3.95. The average Bonchev–Trinajstić information content (AvgIpc) is 2.54. The van der Waals surface area contributed by atoms with Crippen LogP contribution in [0.2, 0.25) is 5.28 Å². The van der Waals surface area contributed by atoms with Gasteiger partial charge in [-0.05, 0) is 37.6 Å². The lowest BCUT2D eigenvalue weighted by molar-refractivity contribution is -0.139. The van der Waals surface area contributed by atoms with Crippen molar-refractivity contribution >= 4 is 22.8 Å². The van der Waals surface area contributed by atoms with Crippen molar-refractivity contribution in [2.75, 3.05) is 7.11 Å². The summed E-state index contributed by atoms with van der Waals surface area (Å²) in [7, 11) is 0.954. The Balaban J connectivity index is 2.36. The maximum Gasteiger partial charge on any atom is 0.420 e. The minimum Gasteiger partial charge on any atom is -0.493 e. The highest BCUT2D eigenvalue weighted by Gasteiger charge is 2.37. The molecule has 1 aromatic carbocycles. The SMILES string of the molecule is COc1c(C(F)(F)F)ccc(-c2nc(Cl)nc3nc(C)c(C)nc23)c1F. The molecule has 0 aliphatic heterocycles. The molecular formula is C16H11ClF4N4O. The fourth-order valence-electron chi connectivity index (χ4n) is 2.44. The molecule has 2 heterocycles. The summed E-state index contributed by atoms with van der Waals surface area (Å²) in [6, 6.07) is 1.67. The molecule has 10 heteroatoms. The number of rotatable bonds is 2. The van der Waals surface area contributed by atoms with E-state index >= 15 is 0 Å². The molecule has 2 aromatic heterocycles. The molecule has 0 aliphatic carbocycles. The molecule has 136 valence electrons. The van der Waals surface area contributed by atoms with Gasteiger partial charge in [-0.25, -0.2) is 19.3 Å². The van der Waals surface area contributed by atoms with Gasteiger partial charge in [0.1, 0.15) is 16.8 Å². The van der Waals surface area contributed by atoms with Crippen molar-refractivity contribution in [3.8, 4) is 17.0 Å². The summed E-state index contributed by atoms with van der Waals surface area (Å²) in [6.07, 6.45) is -4.77. The van der Waals surface area contributed by atoms with Crippen LogP contribution in [0.4, 0.5) is 17.6 Å². The number of methoxy groups -OCH3 is 1. The number of aryl methyl sites for hydroxylation is 2. The molecule has 5 nitrogen and oxygen atoms in total. The summed E-state index contributed by atoms with van der Waals surface area (Å²) in [6.45, 7) is 3.39. The van der Waals surface area contributed by atoms with Crippen molar-refractivity contribution in [3.63, 3.8) is 0 Å². The van der Waals surface area contributed by atoms with E-state index in [4.69, 9.17) is 11.6 Å². The van der Waals surface area contributed by atoms with Crippen molar-refractivity contribution in [1.29, 1.82) is 0 Å². The van der Waals surface area contributed by atoms with Gasteiger partial charge < -0.3 is 4.74 Å². The Bertz CT molecular complexity index is 1020. The first kappa shape index (κ1) is 18.2. The van der Waals surface area contributed by atoms with Gasteiger partial charge in [-0.1, -0.05) is 0 Å². The number of fused-ring (bicyclic) bond motifs is 1. The Kier molecular flexibility index (Phi) is 4.43. The van der Waals surface area contributed by atoms with Gasteiger partial charge >= 0.3 is 6.18 Å². The van der Waals surface area contributed by atoms with Crippen LogP contribution in [0.3, 0.4) is 0 Å². The summed E-state index contributed by atoms with van der Waals surface area (Å²) in [4.78, 5) is 16.4. The van der Waals surface area contributed by atoms with Crippen LogP contribution in [0.25, 0.3) is 22.4 Å². The first-order chi connectivity index (χ1) is 12.1. The van der Waals surface area contributed by atoms with E-state index in [0.29, 0.717) is 17.5 Å². The van der Waals surface area contributed by atoms with Crippen molar-refractivity contribution < 1.29 is 22.3 Å². The maximum absolute atomic E-state index is 14.8. The highest BCUT2D eigenvalue weighted by molar-refractivity contribution is 6.28. The lowest BCUT2D eigenvalue weighted by Gasteiger charge is -2.15. The van der Waals surface area contributed by atoms with Crippen LogP contribution >= 0.6 is 11.6 Å². The van der Waals surface area contributed by atoms with E-state index in [0.717, 1.165) is 13.2 Å². The Morgan fingerprint density at radius 1 is 1.00 bits per heavy atom. The van der Waals surface area contributed by atoms with Gasteiger partial charge in [0.2, 0.25) is 5.28 Å². The van der Waals surface area contributed by atoms with Crippen LogP contribution in [0, 0.1) is 19.7 Å². The van der Waals surface area contributed by atoms with Gasteiger partial charge in [-0.2, -0.15) is 18.2 Å². The monoisotopic (exact) mass is 386 g/mol. The molecule has 0 spiro atoms. The zero-order valence-corrected chi connectivity index (χ0v) is 14.5. The molecule has 0 amide bonds. The fraction of sp³-hybridized carbons (Fsp3) is 0.250. The zero-order valence-electron chi connectivity index (χ0n) is 13.7. The number of ether oxygens (including phenoxy) is 1. The predicted molar refractivity (Wildman–Crippen MR) is 86.6 cm³/mol. The smallest absolute Gasteiger partial charge is 0.420 e. The summed E-state index contributed by atoms with van der Waals surface area (Å²) in [5, 5.41) is -0.233. The Hall–Kier alpha value is -2.55. The van der Waals surface area contributed by atoms with Crippen LogP contribution in [-0.2, 0) is 6.18 Å². The molecule has 0 atom stereocenters. The molecule has 0 fully saturated rings. The highest BCUT2D eigenvalue weighted by Crippen LogP contribution is 2.41. The first-order valence-electron chi connectivity index (χ1n) is 7.26. The highest BCUT2D eigenvalue weighted by atomic mass is 35.5. The molecule has 0 saturated carbocycles. The number of hydrogen-bond acceptors (Lipinski definition) is 5. The normalized spacial score (nSPS) is 11.8. The van der Waals surface area contributed by atoms with Crippen LogP contribution in [-0.4, -0.2) is 27.0 Å². The van der Waals surface area contributed by atoms with E-state index in [9.17, 15) is 17.6 Å². The Morgan fingerprint density at radius 2 is 1.65 bits per heavy atom. The maximum atomic E-state index is 14.8. The fourth-order valence-corrected chi connectivity index (χ4v) is 2.60. The summed E-state index contributed by atoms with van der Waals surface area (Å²) >= 11 is 5.87. The van der Waals surface area contributed by atoms with Crippen molar-refractivity contribution in [1.82, 2.24) is 19.9 Å². The number of halogens is 5. The summed E-state index contributed by atoms with van der Waals surface area (Å²) in [5.74, 6) is -2.16. The summed E-state index contributed by atoms with van der Waals surface area (Å²) < 4.78 is 58.6. The lowest BCUT2D eigenvalue weighted by atomic mass is 10.0. The van der Waals surface area contributed by atoms with E-state index in [1.807, 2.05) is 0 Å². The molecule has 0 saturated heterocycles. The number of benzene rings is 1. The predicted octanol–water partition coefficient (Wildman–Crippen LogP) is 4.52. The Morgan fingerprint density at radius 3 is 2.27 bits per heavy atom. The third-order valence-electron chi connectivity index (χ3n) is 3.78. The van der Waals surface area contributed by atoms with E-state index in [2.05, 4.69) is 24.7 Å². The second kappa shape index (κ2) is 6.31. The molecular weight excluding hydrogens is 376 g/mol. The van der Waals surface area contributed by atoms with E-state index in [-0.39, 0.29) is 27.7 Å². The number of alkyl halides is 3. The largest absolute Gasteiger partial charge is 0.493 e. The Labute approximate surface area is 150 Å². The van der Waals surface area contributed by atoms with E-state index < -0.39 is 23.3 Å². The second-order valence-electron chi connectivity index (χ2n) is 5.41. The van der Waals surface area contributed by atoms with E-state index in [1.54, 1.807) is 13.8 Å². The lowest BCUT2D eigenvalue weighted by Crippen LogP contribution is -2.10. The van der Waals surface area contributed by atoms with Gasteiger partial charge in [0.05, 0.1) is 18.5 Å². The van der Waals surface area contributed by atoms with Gasteiger partial charge in [-0.15, -0.1) is 0 Å². The second-order valence-corrected chi connectivity index (χ2v) is 5.75. The standard InChI is InChI=1S/C16H11ClF4N4O/c1-6-7(2)23-14-12(22-6)11(24-15(17)25-14)8-4-5-9(16(19,20)21)13(26-3)10(8)18/h4-5H,1-3H3. The van der Waals surface area contributed by atoms with Crippen molar-refractivity contribution in [2.24, 2.45) is 0 Å². The number of nitrogens with zero attached hydrogens (tertiary/aromatic N) is 4. The van der Waals surface area contributed by atoms with Crippen LogP contribution < -0.4 is 4.74 Å². The first-order valence-corrected chi connectivity index (χ1v) is 7.63. The van der Waals surface area contributed by atoms with Crippen LogP contribution in [0.15, 0.2) is 12.1 Å². The van der Waals surface area contributed by atoms with Crippen LogP contribution in [0.1, 0.15) is 17.0 Å². The molecule has 26 heavy (non-hydrogen) atoms. The third kappa shape index (κ3) is 3.03. The van der Waals surface area contributed by atoms with Gasteiger partial charge in [0.15, 0.2) is 17.2 Å². The molecule has 0 radical (unpaired) electrons. The molecule has 0 unspecified atom stereocenters. The summed E-state index contributed by atoms with van der Waals surface area (Å²) in [5.41, 5.74) is -0.183. The van der Waals surface area contributed by atoms with Crippen molar-refractivity contribution in [2.45, 2.75) is 20.0 Å². The average molecular weight is 387 g/mol. The molecule has 0 N–H and O–H groups in total. The van der Waals surface area contributed by atoms with Gasteiger partial charge in [0, 0.05) is 5.56 Å². The van der Waals surface area contributed by atoms with Gasteiger partial charge in [-0.3, -0.25) is 0 Å². The minimum absolute atomic E-state index is 0.0693. The van der Waals surface area contributed by atoms with Crippen LogP contribution in [0.5, 0.6) is 5.75 Å². The quantitative estimate of drug-likeness (QED) is 0.478. The number of hydrogen-bond donors (Lipinski definition) is 0. The minimum atomic E-state index is -4.77. The van der Waals surface area contributed by atoms with E-state index in [1.165, 1.54) is 0 Å². The number of aromatic nitrogens is 4. The topological polar surface area (TPSA) is 60.8 Å².